The highest BCUT2D eigenvalue weighted by Gasteiger charge is 2.49. The number of ether oxygens (including phenoxy) is 1. The Bertz CT molecular complexity index is 363. The van der Waals surface area contributed by atoms with E-state index < -0.39 is 16.6 Å². The third-order valence-electron chi connectivity index (χ3n) is 5.12. The second-order valence-electron chi connectivity index (χ2n) is 7.64. The van der Waals surface area contributed by atoms with Gasteiger partial charge in [-0.05, 0) is 52.4 Å². The smallest absolute Gasteiger partial charge is 0.312 e. The van der Waals surface area contributed by atoms with Crippen LogP contribution in [0.25, 0.3) is 0 Å². The van der Waals surface area contributed by atoms with E-state index in [-0.39, 0.29) is 5.97 Å². The van der Waals surface area contributed by atoms with E-state index in [1.54, 1.807) is 0 Å². The Kier molecular flexibility index (Phi) is 3.72. The average Bonchev–Trinajstić information content (AvgIpc) is 2.26. The maximum absolute atomic E-state index is 12.3. The van der Waals surface area contributed by atoms with Crippen molar-refractivity contribution in [1.29, 1.82) is 0 Å². The van der Waals surface area contributed by atoms with Crippen molar-refractivity contribution in [2.45, 2.75) is 83.8 Å². The molecular formula is C16H28O3. The quantitative estimate of drug-likeness (QED) is 0.798. The third kappa shape index (κ3) is 3.13. The summed E-state index contributed by atoms with van der Waals surface area (Å²) in [7, 11) is 0. The van der Waals surface area contributed by atoms with Crippen molar-refractivity contribution in [3.05, 3.63) is 0 Å². The fourth-order valence-corrected chi connectivity index (χ4v) is 3.76. The van der Waals surface area contributed by atoms with E-state index in [0.29, 0.717) is 12.3 Å². The molecule has 0 amide bonds. The van der Waals surface area contributed by atoms with Crippen molar-refractivity contribution < 1.29 is 14.6 Å². The van der Waals surface area contributed by atoms with Crippen molar-refractivity contribution >= 4 is 5.97 Å². The molecule has 2 rings (SSSR count). The van der Waals surface area contributed by atoms with E-state index >= 15 is 0 Å². The Morgan fingerprint density at radius 2 is 2.11 bits per heavy atom. The summed E-state index contributed by atoms with van der Waals surface area (Å²) >= 11 is 0. The molecule has 1 N–H and O–H groups in total. The lowest BCUT2D eigenvalue weighted by atomic mass is 9.64. The molecule has 2 bridgehead atoms. The van der Waals surface area contributed by atoms with Crippen LogP contribution in [0.2, 0.25) is 0 Å². The molecule has 2 aliphatic carbocycles. The molecule has 2 fully saturated rings. The van der Waals surface area contributed by atoms with Crippen molar-refractivity contribution in [2.75, 3.05) is 0 Å². The first-order valence-electron chi connectivity index (χ1n) is 7.64. The van der Waals surface area contributed by atoms with Crippen LogP contribution in [0.4, 0.5) is 0 Å². The van der Waals surface area contributed by atoms with Crippen molar-refractivity contribution in [3.63, 3.8) is 0 Å². The zero-order valence-corrected chi connectivity index (χ0v) is 12.8. The molecule has 3 atom stereocenters. The van der Waals surface area contributed by atoms with Gasteiger partial charge >= 0.3 is 5.97 Å². The molecule has 0 spiro atoms. The first-order valence-corrected chi connectivity index (χ1v) is 7.64. The number of hydrogen-bond acceptors (Lipinski definition) is 3. The molecule has 110 valence electrons. The maximum Gasteiger partial charge on any atom is 0.312 e. The van der Waals surface area contributed by atoms with Gasteiger partial charge < -0.3 is 9.84 Å². The van der Waals surface area contributed by atoms with Gasteiger partial charge in [0.2, 0.25) is 0 Å². The molecule has 0 heterocycles. The van der Waals surface area contributed by atoms with Crippen LogP contribution in [0.3, 0.4) is 0 Å². The van der Waals surface area contributed by atoms with Crippen LogP contribution in [0.5, 0.6) is 0 Å². The maximum atomic E-state index is 12.3. The number of carbonyl (C=O) groups is 1. The van der Waals surface area contributed by atoms with E-state index in [1.807, 2.05) is 27.7 Å². The summed E-state index contributed by atoms with van der Waals surface area (Å²) in [4.78, 5) is 12.3. The summed E-state index contributed by atoms with van der Waals surface area (Å²) in [6.45, 7) is 7.86. The van der Waals surface area contributed by atoms with Crippen LogP contribution in [-0.2, 0) is 9.53 Å². The van der Waals surface area contributed by atoms with Crippen molar-refractivity contribution in [1.82, 2.24) is 0 Å². The largest absolute Gasteiger partial charge is 0.459 e. The van der Waals surface area contributed by atoms with Gasteiger partial charge in [0.15, 0.2) is 0 Å². The molecular weight excluding hydrogens is 240 g/mol. The van der Waals surface area contributed by atoms with Gasteiger partial charge in [-0.15, -0.1) is 0 Å². The third-order valence-corrected chi connectivity index (χ3v) is 5.12. The van der Waals surface area contributed by atoms with Gasteiger partial charge in [-0.1, -0.05) is 19.8 Å². The van der Waals surface area contributed by atoms with E-state index in [0.717, 1.165) is 38.5 Å². The molecule has 3 heteroatoms. The monoisotopic (exact) mass is 268 g/mol. The van der Waals surface area contributed by atoms with E-state index in [2.05, 4.69) is 0 Å². The van der Waals surface area contributed by atoms with Crippen LogP contribution in [0, 0.1) is 11.3 Å². The average molecular weight is 268 g/mol. The number of esters is 1. The molecule has 3 nitrogen and oxygen atoms in total. The highest BCUT2D eigenvalue weighted by atomic mass is 16.6. The van der Waals surface area contributed by atoms with E-state index in [9.17, 15) is 9.90 Å². The minimum absolute atomic E-state index is 0.124. The van der Waals surface area contributed by atoms with Gasteiger partial charge in [0.1, 0.15) is 5.60 Å². The Morgan fingerprint density at radius 1 is 1.42 bits per heavy atom. The first kappa shape index (κ1) is 14.8. The lowest BCUT2D eigenvalue weighted by Crippen LogP contribution is -2.52. The van der Waals surface area contributed by atoms with E-state index in [4.69, 9.17) is 4.74 Å². The summed E-state index contributed by atoms with van der Waals surface area (Å²) in [5.41, 5.74) is -1.52. The molecule has 2 aliphatic rings. The molecule has 0 aliphatic heterocycles. The molecule has 0 aromatic rings. The zero-order chi connectivity index (χ0) is 14.3. The second-order valence-corrected chi connectivity index (χ2v) is 7.64. The normalized spacial score (nSPS) is 38.9. The summed E-state index contributed by atoms with van der Waals surface area (Å²) in [6, 6.07) is 0. The summed E-state index contributed by atoms with van der Waals surface area (Å²) in [5, 5.41) is 10.6. The lowest BCUT2D eigenvalue weighted by molar-refractivity contribution is -0.190. The molecule has 3 unspecified atom stereocenters. The Balaban J connectivity index is 2.09. The predicted octanol–water partition coefficient (Wildman–Crippen LogP) is 3.44. The fourth-order valence-electron chi connectivity index (χ4n) is 3.76. The number of aliphatic hydroxyl groups is 1. The second kappa shape index (κ2) is 4.76. The zero-order valence-electron chi connectivity index (χ0n) is 12.8. The molecule has 0 saturated heterocycles. The standard InChI is InChI=1S/C16H28O3/c1-5-14(2,3)13(17)19-15(4)9-12-7-6-8-16(18,10-12)11-15/h12,18H,5-11H2,1-4H3. The molecule has 19 heavy (non-hydrogen) atoms. The van der Waals surface area contributed by atoms with Crippen LogP contribution in [0.1, 0.15) is 72.6 Å². The van der Waals surface area contributed by atoms with Gasteiger partial charge in [0.05, 0.1) is 11.0 Å². The van der Waals surface area contributed by atoms with Crippen molar-refractivity contribution in [2.24, 2.45) is 11.3 Å². The number of rotatable bonds is 3. The van der Waals surface area contributed by atoms with Gasteiger partial charge in [-0.2, -0.15) is 0 Å². The van der Waals surface area contributed by atoms with Gasteiger partial charge in [-0.3, -0.25) is 4.79 Å². The van der Waals surface area contributed by atoms with Crippen LogP contribution >= 0.6 is 0 Å². The SMILES string of the molecule is CCC(C)(C)C(=O)OC1(C)CC2CCCC(O)(C2)C1. The minimum atomic E-state index is -0.605. The summed E-state index contributed by atoms with van der Waals surface area (Å²) in [5.74, 6) is 0.385. The Labute approximate surface area is 116 Å². The van der Waals surface area contributed by atoms with Gasteiger partial charge in [-0.25, -0.2) is 0 Å². The fraction of sp³-hybridized carbons (Fsp3) is 0.938. The van der Waals surface area contributed by atoms with Gasteiger partial charge in [0, 0.05) is 6.42 Å². The number of fused-ring (bicyclic) bond motifs is 2. The minimum Gasteiger partial charge on any atom is -0.459 e. The topological polar surface area (TPSA) is 46.5 Å². The van der Waals surface area contributed by atoms with Crippen LogP contribution in [-0.4, -0.2) is 22.3 Å². The van der Waals surface area contributed by atoms with Crippen molar-refractivity contribution in [3.8, 4) is 0 Å². The number of carbonyl (C=O) groups excluding carboxylic acids is 1. The van der Waals surface area contributed by atoms with Gasteiger partial charge in [0.25, 0.3) is 0 Å². The molecule has 0 aromatic heterocycles. The molecule has 0 aromatic carbocycles. The lowest BCUT2D eigenvalue weighted by Gasteiger charge is -2.50. The predicted molar refractivity (Wildman–Crippen MR) is 74.7 cm³/mol. The highest BCUT2D eigenvalue weighted by Crippen LogP contribution is 2.48. The number of hydrogen-bond donors (Lipinski definition) is 1. The van der Waals surface area contributed by atoms with Crippen LogP contribution < -0.4 is 0 Å². The summed E-state index contributed by atoms with van der Waals surface area (Å²) < 4.78 is 5.84. The first-order chi connectivity index (χ1) is 8.68. The molecule has 2 saturated carbocycles. The highest BCUT2D eigenvalue weighted by molar-refractivity contribution is 5.76. The summed E-state index contributed by atoms with van der Waals surface area (Å²) in [6.07, 6.45) is 6.28. The molecule has 0 radical (unpaired) electrons. The Hall–Kier alpha value is -0.570. The van der Waals surface area contributed by atoms with Crippen LogP contribution in [0.15, 0.2) is 0 Å². The van der Waals surface area contributed by atoms with E-state index in [1.165, 1.54) is 0 Å². The Morgan fingerprint density at radius 3 is 2.68 bits per heavy atom.